The highest BCUT2D eigenvalue weighted by Crippen LogP contribution is 2.15. The van der Waals surface area contributed by atoms with E-state index in [-0.39, 0.29) is 25.6 Å². The Bertz CT molecular complexity index is 778. The van der Waals surface area contributed by atoms with Crippen LogP contribution < -0.4 is 15.5 Å². The number of benzene rings is 1. The summed E-state index contributed by atoms with van der Waals surface area (Å²) in [4.78, 5) is 34.6. The molecular formula is C20H25N5O3. The van der Waals surface area contributed by atoms with Gasteiger partial charge in [0.25, 0.3) is 0 Å². The van der Waals surface area contributed by atoms with E-state index in [4.69, 9.17) is 4.74 Å². The van der Waals surface area contributed by atoms with Crippen molar-refractivity contribution in [1.82, 2.24) is 20.6 Å². The first-order chi connectivity index (χ1) is 13.7. The zero-order valence-electron chi connectivity index (χ0n) is 15.8. The van der Waals surface area contributed by atoms with E-state index in [9.17, 15) is 9.59 Å². The zero-order chi connectivity index (χ0) is 19.6. The highest BCUT2D eigenvalue weighted by atomic mass is 16.5. The maximum Gasteiger partial charge on any atom is 0.407 e. The predicted octanol–water partition coefficient (Wildman–Crippen LogP) is 2.01. The summed E-state index contributed by atoms with van der Waals surface area (Å²) >= 11 is 0. The minimum atomic E-state index is -0.631. The number of alkyl carbamates (subject to hydrolysis) is 1. The summed E-state index contributed by atoms with van der Waals surface area (Å²) in [6.07, 6.45) is 4.62. The molecule has 1 aliphatic rings. The fourth-order valence-electron chi connectivity index (χ4n) is 2.91. The topological polar surface area (TPSA) is 96.5 Å². The standard InChI is InChI=1S/C20H25N5O3/c26-18(14-23-20(27)28-15-16-7-3-1-4-8-16)22-13-17-9-10-21-19(24-17)25-11-5-2-6-12-25/h1,3-4,7-10H,2,5-6,11-15H2,(H,22,26)(H,23,27). The van der Waals surface area contributed by atoms with Crippen LogP contribution in [0.2, 0.25) is 0 Å². The van der Waals surface area contributed by atoms with Gasteiger partial charge in [-0.15, -0.1) is 0 Å². The summed E-state index contributed by atoms with van der Waals surface area (Å²) in [7, 11) is 0. The molecule has 1 saturated heterocycles. The third kappa shape index (κ3) is 6.22. The molecule has 0 spiro atoms. The van der Waals surface area contributed by atoms with Gasteiger partial charge in [0, 0.05) is 19.3 Å². The molecule has 8 nitrogen and oxygen atoms in total. The fraction of sp³-hybridized carbons (Fsp3) is 0.400. The quantitative estimate of drug-likeness (QED) is 0.759. The Hall–Kier alpha value is -3.16. The van der Waals surface area contributed by atoms with Gasteiger partial charge >= 0.3 is 6.09 Å². The van der Waals surface area contributed by atoms with Gasteiger partial charge in [-0.2, -0.15) is 0 Å². The Labute approximate surface area is 164 Å². The van der Waals surface area contributed by atoms with Gasteiger partial charge in [0.1, 0.15) is 13.2 Å². The third-order valence-electron chi connectivity index (χ3n) is 4.41. The average Bonchev–Trinajstić information content (AvgIpc) is 2.76. The second-order valence-electron chi connectivity index (χ2n) is 6.59. The first-order valence-corrected chi connectivity index (χ1v) is 9.49. The molecule has 2 heterocycles. The fourth-order valence-corrected chi connectivity index (χ4v) is 2.91. The smallest absolute Gasteiger partial charge is 0.407 e. The van der Waals surface area contributed by atoms with E-state index in [0.717, 1.165) is 37.2 Å². The van der Waals surface area contributed by atoms with Crippen molar-refractivity contribution in [2.24, 2.45) is 0 Å². The number of hydrogen-bond acceptors (Lipinski definition) is 6. The second-order valence-corrected chi connectivity index (χ2v) is 6.59. The molecule has 1 fully saturated rings. The van der Waals surface area contributed by atoms with Crippen molar-refractivity contribution < 1.29 is 14.3 Å². The summed E-state index contributed by atoms with van der Waals surface area (Å²) in [6.45, 7) is 2.21. The van der Waals surface area contributed by atoms with E-state index in [1.54, 1.807) is 12.3 Å². The summed E-state index contributed by atoms with van der Waals surface area (Å²) in [5, 5.41) is 5.18. The van der Waals surface area contributed by atoms with Crippen molar-refractivity contribution in [2.45, 2.75) is 32.4 Å². The SMILES string of the molecule is O=C(CNC(=O)OCc1ccccc1)NCc1ccnc(N2CCCCC2)n1. The predicted molar refractivity (Wildman–Crippen MR) is 105 cm³/mol. The van der Waals surface area contributed by atoms with E-state index in [0.29, 0.717) is 5.95 Å². The zero-order valence-corrected chi connectivity index (χ0v) is 15.8. The number of piperidine rings is 1. The normalized spacial score (nSPS) is 13.6. The van der Waals surface area contributed by atoms with Crippen molar-refractivity contribution in [3.63, 3.8) is 0 Å². The number of amides is 2. The maximum atomic E-state index is 11.9. The molecular weight excluding hydrogens is 358 g/mol. The van der Waals surface area contributed by atoms with Crippen LogP contribution >= 0.6 is 0 Å². The molecule has 0 aliphatic carbocycles. The highest BCUT2D eigenvalue weighted by molar-refractivity contribution is 5.82. The molecule has 1 aromatic heterocycles. The third-order valence-corrected chi connectivity index (χ3v) is 4.41. The molecule has 2 amide bonds. The summed E-state index contributed by atoms with van der Waals surface area (Å²) < 4.78 is 5.07. The largest absolute Gasteiger partial charge is 0.445 e. The lowest BCUT2D eigenvalue weighted by atomic mass is 10.1. The Kier molecular flexibility index (Phi) is 7.17. The second kappa shape index (κ2) is 10.2. The van der Waals surface area contributed by atoms with Crippen LogP contribution in [0.1, 0.15) is 30.5 Å². The van der Waals surface area contributed by atoms with Crippen LogP contribution in [0, 0.1) is 0 Å². The van der Waals surface area contributed by atoms with Crippen LogP contribution in [-0.4, -0.2) is 41.6 Å². The number of hydrogen-bond donors (Lipinski definition) is 2. The van der Waals surface area contributed by atoms with E-state index in [1.807, 2.05) is 30.3 Å². The summed E-state index contributed by atoms with van der Waals surface area (Å²) in [5.74, 6) is 0.392. The molecule has 8 heteroatoms. The van der Waals surface area contributed by atoms with Gasteiger partial charge in [-0.25, -0.2) is 14.8 Å². The molecule has 2 aromatic rings. The molecule has 2 N–H and O–H groups in total. The average molecular weight is 383 g/mol. The van der Waals surface area contributed by atoms with Crippen molar-refractivity contribution >= 4 is 17.9 Å². The monoisotopic (exact) mass is 383 g/mol. The van der Waals surface area contributed by atoms with Crippen molar-refractivity contribution in [3.05, 3.63) is 53.9 Å². The first-order valence-electron chi connectivity index (χ1n) is 9.49. The van der Waals surface area contributed by atoms with Crippen LogP contribution in [-0.2, 0) is 22.7 Å². The van der Waals surface area contributed by atoms with Crippen molar-refractivity contribution in [3.8, 4) is 0 Å². The van der Waals surface area contributed by atoms with Gasteiger partial charge in [0.2, 0.25) is 11.9 Å². The lowest BCUT2D eigenvalue weighted by molar-refractivity contribution is -0.120. The number of carbonyl (C=O) groups is 2. The molecule has 3 rings (SSSR count). The molecule has 0 radical (unpaired) electrons. The van der Waals surface area contributed by atoms with E-state index < -0.39 is 6.09 Å². The van der Waals surface area contributed by atoms with Crippen LogP contribution in [0.25, 0.3) is 0 Å². The number of ether oxygens (including phenoxy) is 1. The van der Waals surface area contributed by atoms with Gasteiger partial charge in [-0.3, -0.25) is 4.79 Å². The molecule has 0 atom stereocenters. The van der Waals surface area contributed by atoms with Gasteiger partial charge in [0.05, 0.1) is 12.2 Å². The maximum absolute atomic E-state index is 11.9. The Morgan fingerprint density at radius 2 is 1.82 bits per heavy atom. The summed E-state index contributed by atoms with van der Waals surface area (Å²) in [5.41, 5.74) is 1.62. The number of nitrogens with one attached hydrogen (secondary N) is 2. The molecule has 0 saturated carbocycles. The number of carbonyl (C=O) groups excluding carboxylic acids is 2. The Balaban J connectivity index is 1.37. The highest BCUT2D eigenvalue weighted by Gasteiger charge is 2.14. The lowest BCUT2D eigenvalue weighted by Crippen LogP contribution is -2.37. The molecule has 0 bridgehead atoms. The van der Waals surface area contributed by atoms with Crippen LogP contribution in [0.5, 0.6) is 0 Å². The van der Waals surface area contributed by atoms with E-state index in [1.165, 1.54) is 6.42 Å². The van der Waals surface area contributed by atoms with Crippen LogP contribution in [0.4, 0.5) is 10.7 Å². The molecule has 1 aromatic carbocycles. The van der Waals surface area contributed by atoms with E-state index >= 15 is 0 Å². The van der Waals surface area contributed by atoms with Crippen LogP contribution in [0.15, 0.2) is 42.6 Å². The number of aromatic nitrogens is 2. The van der Waals surface area contributed by atoms with E-state index in [2.05, 4.69) is 25.5 Å². The number of anilines is 1. The first kappa shape index (κ1) is 19.6. The minimum Gasteiger partial charge on any atom is -0.445 e. The number of nitrogens with zero attached hydrogens (tertiary/aromatic N) is 3. The van der Waals surface area contributed by atoms with Crippen molar-refractivity contribution in [1.29, 1.82) is 0 Å². The molecule has 0 unspecified atom stereocenters. The number of rotatable bonds is 7. The Morgan fingerprint density at radius 1 is 1.04 bits per heavy atom. The van der Waals surface area contributed by atoms with Gasteiger partial charge < -0.3 is 20.3 Å². The molecule has 28 heavy (non-hydrogen) atoms. The molecule has 148 valence electrons. The van der Waals surface area contributed by atoms with Crippen LogP contribution in [0.3, 0.4) is 0 Å². The van der Waals surface area contributed by atoms with Gasteiger partial charge in [-0.1, -0.05) is 30.3 Å². The van der Waals surface area contributed by atoms with Gasteiger partial charge in [0.15, 0.2) is 0 Å². The van der Waals surface area contributed by atoms with Gasteiger partial charge in [-0.05, 0) is 30.9 Å². The molecule has 1 aliphatic heterocycles. The summed E-state index contributed by atoms with van der Waals surface area (Å²) in [6, 6.07) is 11.1. The minimum absolute atomic E-state index is 0.155. The van der Waals surface area contributed by atoms with Crippen molar-refractivity contribution in [2.75, 3.05) is 24.5 Å². The lowest BCUT2D eigenvalue weighted by Gasteiger charge is -2.26. The Morgan fingerprint density at radius 3 is 2.61 bits per heavy atom.